The molecule has 0 aliphatic carbocycles. The van der Waals surface area contributed by atoms with Gasteiger partial charge in [-0.05, 0) is 48.5 Å². The summed E-state index contributed by atoms with van der Waals surface area (Å²) in [5.74, 6) is -3.34. The maximum Gasteiger partial charge on any atom is 0.338 e. The van der Waals surface area contributed by atoms with Crippen molar-refractivity contribution in [3.05, 3.63) is 94.3 Å². The van der Waals surface area contributed by atoms with Crippen LogP contribution in [0.1, 0.15) is 31.1 Å². The lowest BCUT2D eigenvalue weighted by molar-refractivity contribution is -0.119. The summed E-state index contributed by atoms with van der Waals surface area (Å²) in [7, 11) is 0. The number of carbonyl (C=O) groups excluding carboxylic acids is 4. The molecule has 0 spiro atoms. The molecular weight excluding hydrogens is 439 g/mol. The SMILES string of the molecule is O=C(COC(=O)c1cccc(N2C(=O)c3ccccc3C2=O)c1)Nc1ccc(Cl)cc1F. The normalized spacial score (nSPS) is 12.5. The molecule has 0 fully saturated rings. The predicted molar refractivity (Wildman–Crippen MR) is 114 cm³/mol. The molecule has 7 nitrogen and oxygen atoms in total. The molecular formula is C23H14ClFN2O5. The number of amides is 3. The second-order valence-corrected chi connectivity index (χ2v) is 7.23. The number of benzene rings is 3. The van der Waals surface area contributed by atoms with E-state index in [1.165, 1.54) is 36.4 Å². The largest absolute Gasteiger partial charge is 0.452 e. The summed E-state index contributed by atoms with van der Waals surface area (Å²) in [6.45, 7) is -0.669. The van der Waals surface area contributed by atoms with Gasteiger partial charge in [-0.1, -0.05) is 29.8 Å². The first-order valence-electron chi connectivity index (χ1n) is 9.35. The number of anilines is 2. The number of fused-ring (bicyclic) bond motifs is 1. The molecule has 3 aromatic rings. The van der Waals surface area contributed by atoms with Gasteiger partial charge in [0.1, 0.15) is 5.82 Å². The number of esters is 1. The van der Waals surface area contributed by atoms with Crippen molar-refractivity contribution in [2.45, 2.75) is 0 Å². The number of hydrogen-bond donors (Lipinski definition) is 1. The first kappa shape index (κ1) is 21.2. The summed E-state index contributed by atoms with van der Waals surface area (Å²) in [6, 6.07) is 15.9. The maximum atomic E-state index is 13.8. The Hall–Kier alpha value is -4.04. The Balaban J connectivity index is 1.43. The van der Waals surface area contributed by atoms with E-state index in [1.807, 2.05) is 0 Å². The molecule has 0 atom stereocenters. The fourth-order valence-corrected chi connectivity index (χ4v) is 3.35. The molecule has 160 valence electrons. The van der Waals surface area contributed by atoms with E-state index < -0.39 is 36.1 Å². The minimum Gasteiger partial charge on any atom is -0.452 e. The summed E-state index contributed by atoms with van der Waals surface area (Å²) in [5.41, 5.74) is 0.666. The number of imide groups is 1. The highest BCUT2D eigenvalue weighted by atomic mass is 35.5. The van der Waals surface area contributed by atoms with Gasteiger partial charge in [0, 0.05) is 5.02 Å². The molecule has 3 amide bonds. The van der Waals surface area contributed by atoms with Crippen LogP contribution in [0.2, 0.25) is 5.02 Å². The van der Waals surface area contributed by atoms with Crippen molar-refractivity contribution in [3.8, 4) is 0 Å². The Morgan fingerprint density at radius 2 is 1.62 bits per heavy atom. The highest BCUT2D eigenvalue weighted by Crippen LogP contribution is 2.29. The van der Waals surface area contributed by atoms with E-state index in [0.29, 0.717) is 0 Å². The second kappa shape index (κ2) is 8.60. The molecule has 0 aromatic heterocycles. The van der Waals surface area contributed by atoms with Crippen LogP contribution in [0, 0.1) is 5.82 Å². The predicted octanol–water partition coefficient (Wildman–Crippen LogP) is 4.08. The fourth-order valence-electron chi connectivity index (χ4n) is 3.19. The first-order valence-corrected chi connectivity index (χ1v) is 9.73. The van der Waals surface area contributed by atoms with Gasteiger partial charge in [0.2, 0.25) is 0 Å². The van der Waals surface area contributed by atoms with E-state index in [0.717, 1.165) is 11.0 Å². The molecule has 4 rings (SSSR count). The Kier molecular flexibility index (Phi) is 5.70. The molecule has 0 unspecified atom stereocenters. The highest BCUT2D eigenvalue weighted by Gasteiger charge is 2.36. The van der Waals surface area contributed by atoms with Crippen molar-refractivity contribution in [2.24, 2.45) is 0 Å². The smallest absolute Gasteiger partial charge is 0.338 e. The lowest BCUT2D eigenvalue weighted by atomic mass is 10.1. The molecule has 1 heterocycles. The Morgan fingerprint density at radius 1 is 0.938 bits per heavy atom. The van der Waals surface area contributed by atoms with Crippen LogP contribution in [0.25, 0.3) is 0 Å². The van der Waals surface area contributed by atoms with E-state index in [4.69, 9.17) is 16.3 Å². The van der Waals surface area contributed by atoms with Gasteiger partial charge in [-0.25, -0.2) is 14.1 Å². The van der Waals surface area contributed by atoms with Gasteiger partial charge < -0.3 is 10.1 Å². The van der Waals surface area contributed by atoms with Crippen molar-refractivity contribution in [2.75, 3.05) is 16.8 Å². The van der Waals surface area contributed by atoms with Crippen LogP contribution in [0.15, 0.2) is 66.7 Å². The molecule has 0 bridgehead atoms. The Labute approximate surface area is 186 Å². The van der Waals surface area contributed by atoms with E-state index in [2.05, 4.69) is 5.32 Å². The minimum absolute atomic E-state index is 0.0320. The van der Waals surface area contributed by atoms with Crippen molar-refractivity contribution >= 4 is 46.7 Å². The van der Waals surface area contributed by atoms with Crippen molar-refractivity contribution in [3.63, 3.8) is 0 Å². The third-order valence-corrected chi connectivity index (χ3v) is 4.91. The van der Waals surface area contributed by atoms with Gasteiger partial charge in [-0.3, -0.25) is 14.4 Å². The van der Waals surface area contributed by atoms with Crippen molar-refractivity contribution in [1.29, 1.82) is 0 Å². The maximum absolute atomic E-state index is 13.8. The summed E-state index contributed by atoms with van der Waals surface area (Å²) in [4.78, 5) is 50.6. The number of hydrogen-bond acceptors (Lipinski definition) is 5. The summed E-state index contributed by atoms with van der Waals surface area (Å²) in [6.07, 6.45) is 0. The molecule has 0 saturated carbocycles. The average Bonchev–Trinajstić information content (AvgIpc) is 3.04. The van der Waals surface area contributed by atoms with Crippen LogP contribution in [-0.4, -0.2) is 30.3 Å². The van der Waals surface area contributed by atoms with E-state index >= 15 is 0 Å². The van der Waals surface area contributed by atoms with E-state index in [1.54, 1.807) is 24.3 Å². The Morgan fingerprint density at radius 3 is 2.28 bits per heavy atom. The zero-order chi connectivity index (χ0) is 22.8. The van der Waals surface area contributed by atoms with Crippen molar-refractivity contribution in [1.82, 2.24) is 0 Å². The minimum atomic E-state index is -0.852. The van der Waals surface area contributed by atoms with Gasteiger partial charge >= 0.3 is 5.97 Å². The molecule has 32 heavy (non-hydrogen) atoms. The number of halogens is 2. The fraction of sp³-hybridized carbons (Fsp3) is 0.0435. The van der Waals surface area contributed by atoms with Crippen LogP contribution in [0.3, 0.4) is 0 Å². The lowest BCUT2D eigenvalue weighted by Crippen LogP contribution is -2.29. The van der Waals surface area contributed by atoms with Crippen LogP contribution in [-0.2, 0) is 9.53 Å². The van der Waals surface area contributed by atoms with Gasteiger partial charge in [-0.2, -0.15) is 0 Å². The van der Waals surface area contributed by atoms with Crippen LogP contribution in [0.4, 0.5) is 15.8 Å². The number of nitrogens with one attached hydrogen (secondary N) is 1. The zero-order valence-electron chi connectivity index (χ0n) is 16.3. The molecule has 3 aromatic carbocycles. The molecule has 1 N–H and O–H groups in total. The van der Waals surface area contributed by atoms with Gasteiger partial charge in [0.25, 0.3) is 17.7 Å². The molecule has 9 heteroatoms. The monoisotopic (exact) mass is 452 g/mol. The van der Waals surface area contributed by atoms with E-state index in [-0.39, 0.29) is 33.1 Å². The van der Waals surface area contributed by atoms with E-state index in [9.17, 15) is 23.6 Å². The molecule has 1 aliphatic rings. The van der Waals surface area contributed by atoms with Crippen LogP contribution >= 0.6 is 11.6 Å². The standard InChI is InChI=1S/C23H14ClFN2O5/c24-14-8-9-19(18(25)11-14)26-20(28)12-32-23(31)13-4-3-5-15(10-13)27-21(29)16-6-1-2-7-17(16)22(27)30/h1-11H,12H2,(H,26,28). The second-order valence-electron chi connectivity index (χ2n) is 6.79. The number of nitrogens with zero attached hydrogens (tertiary/aromatic N) is 1. The number of carbonyl (C=O) groups is 4. The highest BCUT2D eigenvalue weighted by molar-refractivity contribution is 6.34. The number of rotatable bonds is 5. The van der Waals surface area contributed by atoms with Crippen LogP contribution in [0.5, 0.6) is 0 Å². The van der Waals surface area contributed by atoms with Crippen molar-refractivity contribution < 1.29 is 28.3 Å². The molecule has 1 aliphatic heterocycles. The summed E-state index contributed by atoms with van der Waals surface area (Å²) >= 11 is 5.66. The topological polar surface area (TPSA) is 92.8 Å². The quantitative estimate of drug-likeness (QED) is 0.465. The first-order chi connectivity index (χ1) is 15.3. The lowest BCUT2D eigenvalue weighted by Gasteiger charge is -2.15. The van der Waals surface area contributed by atoms with Gasteiger partial charge in [0.15, 0.2) is 6.61 Å². The van der Waals surface area contributed by atoms with Gasteiger partial charge in [0.05, 0.1) is 28.1 Å². The van der Waals surface area contributed by atoms with Gasteiger partial charge in [-0.15, -0.1) is 0 Å². The summed E-state index contributed by atoms with van der Waals surface area (Å²) in [5, 5.41) is 2.45. The average molecular weight is 453 g/mol. The molecule has 0 radical (unpaired) electrons. The third-order valence-electron chi connectivity index (χ3n) is 4.67. The summed E-state index contributed by atoms with van der Waals surface area (Å²) < 4.78 is 18.7. The van der Waals surface area contributed by atoms with Crippen LogP contribution < -0.4 is 10.2 Å². The number of ether oxygens (including phenoxy) is 1. The Bertz CT molecular complexity index is 1240. The zero-order valence-corrected chi connectivity index (χ0v) is 17.1. The third kappa shape index (κ3) is 4.08. The molecule has 0 saturated heterocycles.